The lowest BCUT2D eigenvalue weighted by Gasteiger charge is -2.13. The minimum atomic E-state index is 0.839. The van der Waals surface area contributed by atoms with E-state index in [4.69, 9.17) is 9.97 Å². The number of aromatic nitrogens is 6. The summed E-state index contributed by atoms with van der Waals surface area (Å²) in [5.41, 5.74) is 12.4. The van der Waals surface area contributed by atoms with Crippen LogP contribution in [-0.4, -0.2) is 29.9 Å². The van der Waals surface area contributed by atoms with Crippen molar-refractivity contribution in [3.8, 4) is 67.0 Å². The molecule has 198 valence electrons. The maximum Gasteiger partial charge on any atom is 0.116 e. The average Bonchev–Trinajstić information content (AvgIpc) is 3.09. The third-order valence-electron chi connectivity index (χ3n) is 7.18. The fourth-order valence-corrected chi connectivity index (χ4v) is 5.07. The first kappa shape index (κ1) is 25.1. The van der Waals surface area contributed by atoms with Gasteiger partial charge in [0.25, 0.3) is 0 Å². The van der Waals surface area contributed by atoms with Crippen molar-refractivity contribution >= 4 is 0 Å². The molecule has 0 aliphatic heterocycles. The Kier molecular flexibility index (Phi) is 6.76. The molecule has 6 nitrogen and oxygen atoms in total. The Morgan fingerprint density at radius 3 is 0.810 bits per heavy atom. The van der Waals surface area contributed by atoms with Gasteiger partial charge in [-0.25, -0.2) is 9.97 Å². The Balaban J connectivity index is 1.37. The zero-order valence-corrected chi connectivity index (χ0v) is 22.5. The van der Waals surface area contributed by atoms with Crippen molar-refractivity contribution in [1.82, 2.24) is 29.9 Å². The highest BCUT2D eigenvalue weighted by Gasteiger charge is 2.12. The molecule has 0 atom stereocenters. The van der Waals surface area contributed by atoms with Crippen LogP contribution in [0.3, 0.4) is 0 Å². The van der Waals surface area contributed by atoms with Crippen molar-refractivity contribution in [2.24, 2.45) is 0 Å². The normalized spacial score (nSPS) is 10.9. The molecule has 0 saturated heterocycles. The molecule has 0 amide bonds. The predicted molar refractivity (Wildman–Crippen MR) is 166 cm³/mol. The van der Waals surface area contributed by atoms with E-state index in [9.17, 15) is 0 Å². The molecule has 5 aromatic heterocycles. The van der Waals surface area contributed by atoms with Crippen LogP contribution in [-0.2, 0) is 0 Å². The van der Waals surface area contributed by atoms with E-state index >= 15 is 0 Å². The zero-order valence-electron chi connectivity index (χ0n) is 22.5. The lowest BCUT2D eigenvalue weighted by atomic mass is 9.94. The number of pyridine rings is 4. The number of hydrogen-bond acceptors (Lipinski definition) is 6. The molecule has 0 unspecified atom stereocenters. The highest BCUT2D eigenvalue weighted by Crippen LogP contribution is 2.35. The summed E-state index contributed by atoms with van der Waals surface area (Å²) in [6, 6.07) is 31.3. The quantitative estimate of drug-likeness (QED) is 0.212. The van der Waals surface area contributed by atoms with Gasteiger partial charge in [-0.2, -0.15) is 0 Å². The average molecular weight is 541 g/mol. The number of nitrogens with zero attached hydrogens (tertiary/aromatic N) is 6. The van der Waals surface area contributed by atoms with Crippen molar-refractivity contribution in [2.75, 3.05) is 0 Å². The summed E-state index contributed by atoms with van der Waals surface area (Å²) >= 11 is 0. The van der Waals surface area contributed by atoms with E-state index in [0.29, 0.717) is 0 Å². The van der Waals surface area contributed by atoms with Crippen LogP contribution in [0.15, 0.2) is 147 Å². The van der Waals surface area contributed by atoms with Crippen LogP contribution < -0.4 is 0 Å². The fourth-order valence-electron chi connectivity index (χ4n) is 5.07. The lowest BCUT2D eigenvalue weighted by Crippen LogP contribution is -1.93. The highest BCUT2D eigenvalue weighted by molar-refractivity contribution is 5.83. The Labute approximate surface area is 243 Å². The van der Waals surface area contributed by atoms with E-state index in [1.165, 1.54) is 0 Å². The molecular weight excluding hydrogens is 516 g/mol. The summed E-state index contributed by atoms with van der Waals surface area (Å²) in [5.74, 6) is 0. The van der Waals surface area contributed by atoms with Gasteiger partial charge in [0.1, 0.15) is 6.33 Å². The van der Waals surface area contributed by atoms with Crippen molar-refractivity contribution < 1.29 is 0 Å². The molecule has 7 rings (SSSR count). The molecule has 5 heterocycles. The van der Waals surface area contributed by atoms with Crippen LogP contribution in [0.1, 0.15) is 0 Å². The SMILES string of the molecule is c1cc(-c2cc(-c3ccncc3)cc(-c3cc(-c4cc(-c5ccncc5)cc(-c5ccncc5)c4)ncn3)c2)ccn1. The zero-order chi connectivity index (χ0) is 28.1. The Morgan fingerprint density at radius 1 is 0.262 bits per heavy atom. The Morgan fingerprint density at radius 2 is 0.524 bits per heavy atom. The molecule has 0 saturated carbocycles. The van der Waals surface area contributed by atoms with Gasteiger partial charge in [-0.3, -0.25) is 19.9 Å². The summed E-state index contributed by atoms with van der Waals surface area (Å²) < 4.78 is 0. The summed E-state index contributed by atoms with van der Waals surface area (Å²) in [4.78, 5) is 26.2. The van der Waals surface area contributed by atoms with Gasteiger partial charge in [0, 0.05) is 60.7 Å². The molecular formula is C36H24N6. The van der Waals surface area contributed by atoms with Crippen molar-refractivity contribution in [2.45, 2.75) is 0 Å². The van der Waals surface area contributed by atoms with Gasteiger partial charge in [-0.05, 0) is 136 Å². The van der Waals surface area contributed by atoms with Crippen molar-refractivity contribution in [3.05, 3.63) is 147 Å². The largest absolute Gasteiger partial charge is 0.265 e. The molecule has 2 aromatic carbocycles. The minimum absolute atomic E-state index is 0.839. The second-order valence-corrected chi connectivity index (χ2v) is 9.83. The molecule has 0 radical (unpaired) electrons. The van der Waals surface area contributed by atoms with E-state index in [1.54, 1.807) is 6.33 Å². The Hall–Kier alpha value is -5.88. The van der Waals surface area contributed by atoms with E-state index in [1.807, 2.05) is 98.1 Å². The van der Waals surface area contributed by atoms with Crippen LogP contribution in [0.5, 0.6) is 0 Å². The molecule has 0 aliphatic rings. The van der Waals surface area contributed by atoms with E-state index in [-0.39, 0.29) is 0 Å². The van der Waals surface area contributed by atoms with E-state index in [0.717, 1.165) is 67.0 Å². The third-order valence-corrected chi connectivity index (χ3v) is 7.18. The highest BCUT2D eigenvalue weighted by atomic mass is 14.8. The standard InChI is InChI=1S/C36H24N6/c1-9-37-10-2-25(1)29-17-30(26-3-11-38-12-4-26)20-33(19-29)35-23-36(42-24-41-35)34-21-31(27-5-13-39-14-6-27)18-32(22-34)28-7-15-40-16-8-28/h1-24H. The van der Waals surface area contributed by atoms with Crippen LogP contribution in [0.4, 0.5) is 0 Å². The molecule has 0 spiro atoms. The summed E-state index contributed by atoms with van der Waals surface area (Å²) in [6.07, 6.45) is 16.1. The molecule has 7 aromatic rings. The summed E-state index contributed by atoms with van der Waals surface area (Å²) in [7, 11) is 0. The summed E-state index contributed by atoms with van der Waals surface area (Å²) in [6.45, 7) is 0. The van der Waals surface area contributed by atoms with Gasteiger partial charge in [-0.1, -0.05) is 0 Å². The summed E-state index contributed by atoms with van der Waals surface area (Å²) in [5, 5.41) is 0. The van der Waals surface area contributed by atoms with Gasteiger partial charge in [0.05, 0.1) is 11.4 Å². The van der Waals surface area contributed by atoms with E-state index < -0.39 is 0 Å². The van der Waals surface area contributed by atoms with Gasteiger partial charge in [0.2, 0.25) is 0 Å². The second-order valence-electron chi connectivity index (χ2n) is 9.83. The van der Waals surface area contributed by atoms with Gasteiger partial charge >= 0.3 is 0 Å². The minimum Gasteiger partial charge on any atom is -0.265 e. The first-order chi connectivity index (χ1) is 20.8. The molecule has 0 aliphatic carbocycles. The van der Waals surface area contributed by atoms with Crippen molar-refractivity contribution in [1.29, 1.82) is 0 Å². The number of rotatable bonds is 6. The number of hydrogen-bond donors (Lipinski definition) is 0. The maximum atomic E-state index is 4.71. The van der Waals surface area contributed by atoms with Gasteiger partial charge in [-0.15, -0.1) is 0 Å². The molecule has 6 heteroatoms. The lowest BCUT2D eigenvalue weighted by molar-refractivity contribution is 1.18. The van der Waals surface area contributed by atoms with Crippen LogP contribution in [0.25, 0.3) is 67.0 Å². The third kappa shape index (κ3) is 5.29. The van der Waals surface area contributed by atoms with Crippen LogP contribution >= 0.6 is 0 Å². The fraction of sp³-hybridized carbons (Fsp3) is 0. The first-order valence-electron chi connectivity index (χ1n) is 13.5. The topological polar surface area (TPSA) is 77.3 Å². The molecule has 0 N–H and O–H groups in total. The predicted octanol–water partition coefficient (Wildman–Crippen LogP) is 8.06. The van der Waals surface area contributed by atoms with Crippen LogP contribution in [0.2, 0.25) is 0 Å². The van der Waals surface area contributed by atoms with Gasteiger partial charge in [0.15, 0.2) is 0 Å². The van der Waals surface area contributed by atoms with Crippen LogP contribution in [0, 0.1) is 0 Å². The monoisotopic (exact) mass is 540 g/mol. The molecule has 42 heavy (non-hydrogen) atoms. The van der Waals surface area contributed by atoms with Crippen molar-refractivity contribution in [3.63, 3.8) is 0 Å². The Bertz CT molecular complexity index is 1710. The maximum absolute atomic E-state index is 4.71. The number of benzene rings is 2. The van der Waals surface area contributed by atoms with E-state index in [2.05, 4.69) is 62.4 Å². The first-order valence-corrected chi connectivity index (χ1v) is 13.5. The molecule has 0 bridgehead atoms. The smallest absolute Gasteiger partial charge is 0.116 e. The second kappa shape index (κ2) is 11.3. The molecule has 0 fully saturated rings. The van der Waals surface area contributed by atoms with Gasteiger partial charge < -0.3 is 0 Å².